The third-order valence-corrected chi connectivity index (χ3v) is 4.04. The number of benzene rings is 1. The average Bonchev–Trinajstić information content (AvgIpc) is 2.37. The van der Waals surface area contributed by atoms with Gasteiger partial charge >= 0.3 is 0 Å². The Bertz CT molecular complexity index is 611. The molecule has 0 aromatic heterocycles. The van der Waals surface area contributed by atoms with Gasteiger partial charge in [-0.05, 0) is 59.6 Å². The van der Waals surface area contributed by atoms with Crippen LogP contribution >= 0.6 is 0 Å². The number of aryl methyl sites for hydroxylation is 1. The lowest BCUT2D eigenvalue weighted by Crippen LogP contribution is -2.59. The fourth-order valence-corrected chi connectivity index (χ4v) is 3.51. The first kappa shape index (κ1) is 18.3. The summed E-state index contributed by atoms with van der Waals surface area (Å²) >= 11 is 0. The standard InChI is InChI=1S/C18H30N6/c1-12-6-8-13(9-7-12)21-15(19)23-16(20)22-14-10-17(2,3)24-18(4,5)11-14/h6-9,14,24H,10-11H2,1-5H3,(H5,19,20,21,22,23). The van der Waals surface area contributed by atoms with Gasteiger partial charge in [0.05, 0.1) is 6.04 Å². The Morgan fingerprint density at radius 1 is 1.08 bits per heavy atom. The maximum absolute atomic E-state index is 5.98. The van der Waals surface area contributed by atoms with Crippen LogP contribution in [0.1, 0.15) is 46.1 Å². The summed E-state index contributed by atoms with van der Waals surface area (Å²) in [5.74, 6) is 0.457. The first-order valence-electron chi connectivity index (χ1n) is 8.35. The molecule has 1 aliphatic heterocycles. The van der Waals surface area contributed by atoms with Gasteiger partial charge in [-0.3, -0.25) is 0 Å². The summed E-state index contributed by atoms with van der Waals surface area (Å²) in [6, 6.07) is 8.04. The number of nitrogens with zero attached hydrogens (tertiary/aromatic N) is 2. The van der Waals surface area contributed by atoms with E-state index in [0.717, 1.165) is 18.5 Å². The van der Waals surface area contributed by atoms with Gasteiger partial charge in [0.25, 0.3) is 0 Å². The van der Waals surface area contributed by atoms with Crippen molar-refractivity contribution in [3.63, 3.8) is 0 Å². The maximum atomic E-state index is 5.98. The van der Waals surface area contributed by atoms with Gasteiger partial charge in [-0.1, -0.05) is 17.7 Å². The highest BCUT2D eigenvalue weighted by Gasteiger charge is 2.37. The van der Waals surface area contributed by atoms with Gasteiger partial charge in [0.2, 0.25) is 11.9 Å². The van der Waals surface area contributed by atoms with Gasteiger partial charge in [-0.15, -0.1) is 0 Å². The van der Waals surface area contributed by atoms with E-state index < -0.39 is 0 Å². The fourth-order valence-electron chi connectivity index (χ4n) is 3.51. The van der Waals surface area contributed by atoms with E-state index in [9.17, 15) is 0 Å². The maximum Gasteiger partial charge on any atom is 0.218 e. The van der Waals surface area contributed by atoms with Crippen LogP contribution in [0.15, 0.2) is 34.3 Å². The molecule has 0 amide bonds. The van der Waals surface area contributed by atoms with Crippen molar-refractivity contribution in [3.8, 4) is 0 Å². The molecule has 6 heteroatoms. The lowest BCUT2D eigenvalue weighted by molar-refractivity contribution is 0.164. The Hall–Kier alpha value is -2.08. The Morgan fingerprint density at radius 3 is 2.17 bits per heavy atom. The second-order valence-corrected chi connectivity index (χ2v) is 7.93. The summed E-state index contributed by atoms with van der Waals surface area (Å²) in [5, 5.41) is 6.65. The number of aliphatic imine (C=N–C) groups is 2. The lowest BCUT2D eigenvalue weighted by atomic mass is 9.80. The van der Waals surface area contributed by atoms with E-state index >= 15 is 0 Å². The molecule has 0 spiro atoms. The molecule has 24 heavy (non-hydrogen) atoms. The smallest absolute Gasteiger partial charge is 0.218 e. The van der Waals surface area contributed by atoms with E-state index in [-0.39, 0.29) is 29.0 Å². The van der Waals surface area contributed by atoms with E-state index in [4.69, 9.17) is 11.5 Å². The van der Waals surface area contributed by atoms with Crippen LogP contribution < -0.4 is 22.1 Å². The number of anilines is 1. The summed E-state index contributed by atoms with van der Waals surface area (Å²) < 4.78 is 0. The van der Waals surface area contributed by atoms with E-state index in [1.165, 1.54) is 5.56 Å². The van der Waals surface area contributed by atoms with Crippen molar-refractivity contribution in [2.75, 3.05) is 5.32 Å². The molecule has 132 valence electrons. The zero-order valence-electron chi connectivity index (χ0n) is 15.4. The zero-order chi connectivity index (χ0) is 18.0. The van der Waals surface area contributed by atoms with Crippen molar-refractivity contribution >= 4 is 17.6 Å². The Morgan fingerprint density at radius 2 is 1.62 bits per heavy atom. The minimum atomic E-state index is 0.0194. The third kappa shape index (κ3) is 5.53. The molecule has 0 unspecified atom stereocenters. The van der Waals surface area contributed by atoms with Crippen molar-refractivity contribution in [2.45, 2.75) is 64.6 Å². The molecular weight excluding hydrogens is 300 g/mol. The zero-order valence-corrected chi connectivity index (χ0v) is 15.4. The van der Waals surface area contributed by atoms with Gasteiger partial charge in [-0.2, -0.15) is 4.99 Å². The molecule has 2 rings (SSSR count). The SMILES string of the molecule is Cc1ccc(N/C(N)=N/C(N)=NC2CC(C)(C)NC(C)(C)C2)cc1. The number of nitrogens with one attached hydrogen (secondary N) is 2. The van der Waals surface area contributed by atoms with Crippen molar-refractivity contribution in [2.24, 2.45) is 21.5 Å². The molecule has 1 heterocycles. The van der Waals surface area contributed by atoms with Crippen molar-refractivity contribution < 1.29 is 0 Å². The molecular formula is C18H30N6. The molecule has 0 atom stereocenters. The van der Waals surface area contributed by atoms with Crippen LogP contribution in [0, 0.1) is 6.92 Å². The number of piperidine rings is 1. The van der Waals surface area contributed by atoms with Gasteiger partial charge in [0.1, 0.15) is 0 Å². The van der Waals surface area contributed by atoms with Gasteiger partial charge in [0, 0.05) is 16.8 Å². The summed E-state index contributed by atoms with van der Waals surface area (Å²) in [5.41, 5.74) is 14.0. The number of guanidine groups is 2. The Balaban J connectivity index is 2.05. The number of nitrogens with two attached hydrogens (primary N) is 2. The molecule has 1 aliphatic rings. The summed E-state index contributed by atoms with van der Waals surface area (Å²) in [7, 11) is 0. The minimum Gasteiger partial charge on any atom is -0.369 e. The minimum absolute atomic E-state index is 0.0194. The Labute approximate surface area is 144 Å². The van der Waals surface area contributed by atoms with Crippen LogP contribution in [0.2, 0.25) is 0 Å². The summed E-state index contributed by atoms with van der Waals surface area (Å²) in [4.78, 5) is 8.74. The molecule has 6 nitrogen and oxygen atoms in total. The van der Waals surface area contributed by atoms with Crippen LogP contribution in [0.25, 0.3) is 0 Å². The highest BCUT2D eigenvalue weighted by molar-refractivity contribution is 6.00. The third-order valence-electron chi connectivity index (χ3n) is 4.04. The van der Waals surface area contributed by atoms with Crippen LogP contribution in [-0.4, -0.2) is 29.0 Å². The molecule has 1 aromatic rings. The number of rotatable bonds is 2. The molecule has 0 saturated carbocycles. The normalized spacial score (nSPS) is 21.5. The van der Waals surface area contributed by atoms with Crippen molar-refractivity contribution in [3.05, 3.63) is 29.8 Å². The Kier molecular flexibility index (Phi) is 5.18. The van der Waals surface area contributed by atoms with Crippen LogP contribution in [-0.2, 0) is 0 Å². The van der Waals surface area contributed by atoms with E-state index in [2.05, 4.69) is 48.3 Å². The number of hydrogen-bond donors (Lipinski definition) is 4. The summed E-state index contributed by atoms with van der Waals surface area (Å²) in [6.45, 7) is 10.8. The topological polar surface area (TPSA) is 101 Å². The fraction of sp³-hybridized carbons (Fsp3) is 0.556. The predicted molar refractivity (Wildman–Crippen MR) is 102 cm³/mol. The molecule has 0 bridgehead atoms. The molecule has 0 radical (unpaired) electrons. The molecule has 6 N–H and O–H groups in total. The van der Waals surface area contributed by atoms with Crippen LogP contribution in [0.4, 0.5) is 5.69 Å². The highest BCUT2D eigenvalue weighted by atomic mass is 15.2. The summed E-state index contributed by atoms with van der Waals surface area (Å²) in [6.07, 6.45) is 1.83. The first-order valence-corrected chi connectivity index (χ1v) is 8.35. The average molecular weight is 330 g/mol. The van der Waals surface area contributed by atoms with Crippen LogP contribution in [0.3, 0.4) is 0 Å². The van der Waals surface area contributed by atoms with Gasteiger partial charge in [-0.25, -0.2) is 4.99 Å². The first-order chi connectivity index (χ1) is 11.0. The second-order valence-electron chi connectivity index (χ2n) is 7.93. The molecule has 1 fully saturated rings. The second kappa shape index (κ2) is 6.81. The van der Waals surface area contributed by atoms with E-state index in [1.807, 2.05) is 31.2 Å². The monoisotopic (exact) mass is 330 g/mol. The van der Waals surface area contributed by atoms with Crippen molar-refractivity contribution in [1.82, 2.24) is 5.32 Å². The predicted octanol–water partition coefficient (Wildman–Crippen LogP) is 2.35. The number of hydrogen-bond acceptors (Lipinski definition) is 2. The van der Waals surface area contributed by atoms with Gasteiger partial charge < -0.3 is 22.1 Å². The van der Waals surface area contributed by atoms with Crippen molar-refractivity contribution in [1.29, 1.82) is 0 Å². The van der Waals surface area contributed by atoms with Gasteiger partial charge in [0.15, 0.2) is 0 Å². The molecule has 0 aliphatic carbocycles. The lowest BCUT2D eigenvalue weighted by Gasteiger charge is -2.45. The molecule has 1 saturated heterocycles. The van der Waals surface area contributed by atoms with E-state index in [0.29, 0.717) is 0 Å². The highest BCUT2D eigenvalue weighted by Crippen LogP contribution is 2.30. The largest absolute Gasteiger partial charge is 0.369 e. The molecule has 1 aromatic carbocycles. The van der Waals surface area contributed by atoms with E-state index in [1.54, 1.807) is 0 Å². The van der Waals surface area contributed by atoms with Crippen LogP contribution in [0.5, 0.6) is 0 Å². The quantitative estimate of drug-likeness (QED) is 0.494.